The topological polar surface area (TPSA) is 75.8 Å². The molecule has 3 aliphatic rings. The molecule has 7 heteroatoms. The van der Waals surface area contributed by atoms with E-state index in [-0.39, 0.29) is 0 Å². The van der Waals surface area contributed by atoms with E-state index < -0.39 is 0 Å². The van der Waals surface area contributed by atoms with Gasteiger partial charge in [0, 0.05) is 18.6 Å². The highest BCUT2D eigenvalue weighted by Crippen LogP contribution is 2.56. The molecule has 1 saturated carbocycles. The summed E-state index contributed by atoms with van der Waals surface area (Å²) in [4.78, 5) is 11.8. The number of fused-ring (bicyclic) bond motifs is 2. The number of hydrogen-bond acceptors (Lipinski definition) is 5. The van der Waals surface area contributed by atoms with E-state index in [9.17, 15) is 0 Å². The molecule has 2 fully saturated rings. The summed E-state index contributed by atoms with van der Waals surface area (Å²) in [7, 11) is 3.99. The van der Waals surface area contributed by atoms with Crippen LogP contribution in [-0.2, 0) is 16.6 Å². The molecule has 2 heterocycles. The first-order valence-electron chi connectivity index (χ1n) is 10.8. The van der Waals surface area contributed by atoms with E-state index in [4.69, 9.17) is 15.5 Å². The Balaban J connectivity index is 1.50. The van der Waals surface area contributed by atoms with Crippen LogP contribution >= 0.6 is 11.3 Å². The van der Waals surface area contributed by atoms with Crippen molar-refractivity contribution in [3.05, 3.63) is 23.3 Å². The maximum absolute atomic E-state index is 6.01. The van der Waals surface area contributed by atoms with Crippen LogP contribution in [0.1, 0.15) is 43.2 Å². The maximum atomic E-state index is 6.01. The lowest BCUT2D eigenvalue weighted by Crippen LogP contribution is -2.59. The van der Waals surface area contributed by atoms with Crippen molar-refractivity contribution in [2.24, 2.45) is 16.6 Å². The second kappa shape index (κ2) is 7.52. The number of likely N-dealkylation sites (N-methyl/N-ethyl adjacent to an activating group) is 1. The number of aliphatic imine (C=N–C) groups is 1. The SMILES string of the molecule is COCCN=C(N)Nc1nc2cc3c(cc2s1)C[C@@H]1[C@@H]2CCCCC32CCN1C. The summed E-state index contributed by atoms with van der Waals surface area (Å²) in [5, 5.41) is 3.98. The first-order valence-corrected chi connectivity index (χ1v) is 11.6. The first-order chi connectivity index (χ1) is 14.1. The van der Waals surface area contributed by atoms with Crippen LogP contribution in [0.5, 0.6) is 0 Å². The van der Waals surface area contributed by atoms with Gasteiger partial charge < -0.3 is 20.7 Å². The minimum atomic E-state index is 0.370. The summed E-state index contributed by atoms with van der Waals surface area (Å²) in [6.45, 7) is 2.33. The number of methoxy groups -OCH3 is 1. The molecule has 1 aromatic carbocycles. The lowest BCUT2D eigenvalue weighted by molar-refractivity contribution is 0.00298. The molecular formula is C22H31N5OS. The number of nitrogens with zero attached hydrogens (tertiary/aromatic N) is 3. The molecule has 1 unspecified atom stereocenters. The standard InChI is InChI=1S/C22H31N5OS/c1-27-9-7-22-6-4-3-5-15(22)18(27)11-14-12-19-17(13-16(14)22)25-21(29-19)26-20(23)24-8-10-28-2/h12-13,15,18H,3-11H2,1-2H3,(H3,23,24,25,26)/t15-,18+,22?/m0/s1. The Bertz CT molecular complexity index is 941. The quantitative estimate of drug-likeness (QED) is 0.457. The smallest absolute Gasteiger partial charge is 0.195 e. The van der Waals surface area contributed by atoms with E-state index in [2.05, 4.69) is 34.4 Å². The van der Waals surface area contributed by atoms with Crippen LogP contribution in [0.4, 0.5) is 5.13 Å². The molecule has 2 aromatic rings. The van der Waals surface area contributed by atoms with Crippen molar-refractivity contribution < 1.29 is 4.74 Å². The zero-order valence-corrected chi connectivity index (χ0v) is 18.2. The number of nitrogens with one attached hydrogen (secondary N) is 1. The van der Waals surface area contributed by atoms with Crippen LogP contribution < -0.4 is 11.1 Å². The minimum absolute atomic E-state index is 0.370. The third-order valence-corrected chi connectivity index (χ3v) is 8.36. The van der Waals surface area contributed by atoms with E-state index in [1.165, 1.54) is 49.8 Å². The Morgan fingerprint density at radius 3 is 3.17 bits per heavy atom. The molecule has 0 amide bonds. The number of rotatable bonds is 4. The fraction of sp³-hybridized carbons (Fsp3) is 0.636. The molecule has 3 atom stereocenters. The van der Waals surface area contributed by atoms with Gasteiger partial charge in [0.25, 0.3) is 0 Å². The van der Waals surface area contributed by atoms with Gasteiger partial charge in [-0.3, -0.25) is 4.99 Å². The third-order valence-electron chi connectivity index (χ3n) is 7.43. The summed E-state index contributed by atoms with van der Waals surface area (Å²) < 4.78 is 6.26. The van der Waals surface area contributed by atoms with Crippen molar-refractivity contribution >= 4 is 32.6 Å². The predicted octanol–water partition coefficient (Wildman–Crippen LogP) is 3.36. The van der Waals surface area contributed by atoms with E-state index in [0.29, 0.717) is 30.6 Å². The average Bonchev–Trinajstić information content (AvgIpc) is 3.10. The van der Waals surface area contributed by atoms with E-state index in [1.807, 2.05) is 0 Å². The van der Waals surface area contributed by atoms with Gasteiger partial charge in [-0.15, -0.1) is 0 Å². The molecule has 1 aliphatic heterocycles. The van der Waals surface area contributed by atoms with Crippen molar-refractivity contribution in [2.75, 3.05) is 39.2 Å². The second-order valence-electron chi connectivity index (χ2n) is 8.89. The largest absolute Gasteiger partial charge is 0.383 e. The summed E-state index contributed by atoms with van der Waals surface area (Å²) in [5.74, 6) is 1.20. The van der Waals surface area contributed by atoms with Crippen LogP contribution in [0.3, 0.4) is 0 Å². The number of hydrogen-bond donors (Lipinski definition) is 2. The highest BCUT2D eigenvalue weighted by atomic mass is 32.1. The van der Waals surface area contributed by atoms with Crippen molar-refractivity contribution in [1.82, 2.24) is 9.88 Å². The maximum Gasteiger partial charge on any atom is 0.195 e. The Kier molecular flexibility index (Phi) is 5.00. The van der Waals surface area contributed by atoms with Gasteiger partial charge in [-0.1, -0.05) is 24.2 Å². The summed E-state index contributed by atoms with van der Waals surface area (Å²) in [5.41, 5.74) is 10.6. The zero-order chi connectivity index (χ0) is 20.0. The molecule has 5 rings (SSSR count). The number of piperidine rings is 1. The van der Waals surface area contributed by atoms with Gasteiger partial charge in [0.05, 0.1) is 23.4 Å². The summed E-state index contributed by atoms with van der Waals surface area (Å²) in [6.07, 6.45) is 7.94. The van der Waals surface area contributed by atoms with Crippen molar-refractivity contribution in [3.8, 4) is 0 Å². The highest BCUT2D eigenvalue weighted by molar-refractivity contribution is 7.22. The fourth-order valence-corrected chi connectivity index (χ4v) is 7.01. The number of benzene rings is 1. The lowest BCUT2D eigenvalue weighted by Gasteiger charge is -2.58. The van der Waals surface area contributed by atoms with Crippen molar-refractivity contribution in [3.63, 3.8) is 0 Å². The third kappa shape index (κ3) is 3.23. The number of likely N-dealkylation sites (tertiary alicyclic amines) is 1. The number of nitrogens with two attached hydrogens (primary N) is 1. The summed E-state index contributed by atoms with van der Waals surface area (Å²) >= 11 is 1.67. The van der Waals surface area contributed by atoms with Crippen molar-refractivity contribution in [2.45, 2.75) is 50.0 Å². The van der Waals surface area contributed by atoms with E-state index >= 15 is 0 Å². The zero-order valence-electron chi connectivity index (χ0n) is 17.4. The normalized spacial score (nSPS) is 29.5. The molecule has 3 N–H and O–H groups in total. The number of ether oxygens (including phenoxy) is 1. The number of guanidine groups is 1. The molecule has 1 aromatic heterocycles. The fourth-order valence-electron chi connectivity index (χ4n) is 6.09. The van der Waals surface area contributed by atoms with Gasteiger partial charge >= 0.3 is 0 Å². The van der Waals surface area contributed by atoms with Crippen LogP contribution in [0, 0.1) is 5.92 Å². The Hall–Kier alpha value is -1.70. The molecule has 156 valence electrons. The average molecular weight is 414 g/mol. The number of thiazole rings is 1. The molecule has 2 aliphatic carbocycles. The van der Waals surface area contributed by atoms with E-state index in [0.717, 1.165) is 16.6 Å². The Morgan fingerprint density at radius 1 is 1.41 bits per heavy atom. The van der Waals surface area contributed by atoms with Crippen LogP contribution in [0.25, 0.3) is 10.2 Å². The predicted molar refractivity (Wildman–Crippen MR) is 120 cm³/mol. The Labute approximate surface area is 176 Å². The van der Waals surface area contributed by atoms with Gasteiger partial charge in [0.1, 0.15) is 0 Å². The van der Waals surface area contributed by atoms with Gasteiger partial charge in [0.15, 0.2) is 11.1 Å². The van der Waals surface area contributed by atoms with Gasteiger partial charge in [0.2, 0.25) is 0 Å². The molecule has 29 heavy (non-hydrogen) atoms. The minimum Gasteiger partial charge on any atom is -0.383 e. The first kappa shape index (κ1) is 19.3. The van der Waals surface area contributed by atoms with Crippen molar-refractivity contribution in [1.29, 1.82) is 0 Å². The highest BCUT2D eigenvalue weighted by Gasteiger charge is 2.53. The van der Waals surface area contributed by atoms with Crippen LogP contribution in [0.15, 0.2) is 17.1 Å². The number of anilines is 1. The molecule has 0 radical (unpaired) electrons. The Morgan fingerprint density at radius 2 is 2.31 bits per heavy atom. The summed E-state index contributed by atoms with van der Waals surface area (Å²) in [6, 6.07) is 5.51. The molecular weight excluding hydrogens is 382 g/mol. The second-order valence-corrected chi connectivity index (χ2v) is 9.92. The monoisotopic (exact) mass is 413 g/mol. The van der Waals surface area contributed by atoms with Gasteiger partial charge in [-0.05, 0) is 68.5 Å². The molecule has 2 bridgehead atoms. The van der Waals surface area contributed by atoms with Gasteiger partial charge in [-0.2, -0.15) is 0 Å². The van der Waals surface area contributed by atoms with Crippen LogP contribution in [0.2, 0.25) is 0 Å². The van der Waals surface area contributed by atoms with Gasteiger partial charge in [-0.25, -0.2) is 4.98 Å². The molecule has 6 nitrogen and oxygen atoms in total. The van der Waals surface area contributed by atoms with E-state index in [1.54, 1.807) is 29.6 Å². The molecule has 1 saturated heterocycles. The van der Waals surface area contributed by atoms with Crippen LogP contribution in [-0.4, -0.2) is 55.7 Å². The molecule has 0 spiro atoms. The number of aromatic nitrogens is 1. The lowest BCUT2D eigenvalue weighted by atomic mass is 9.52.